The minimum Gasteiger partial charge on any atom is -0.274 e. The number of aromatic nitrogens is 1. The average Bonchev–Trinajstić information content (AvgIpc) is 2.80. The zero-order valence-electron chi connectivity index (χ0n) is 11.7. The molecule has 17 heavy (non-hydrogen) atoms. The molecule has 4 N–H and O–H groups in total. The molecule has 0 amide bonds. The molecular weight excluding hydrogens is 230 g/mol. The molecule has 0 spiro atoms. The van der Waals surface area contributed by atoms with Crippen LogP contribution < -0.4 is 11.7 Å². The molecule has 0 saturated carbocycles. The quantitative estimate of drug-likeness (QED) is 0.640. The van der Waals surface area contributed by atoms with Gasteiger partial charge in [0.05, 0.1) is 5.01 Å². The SMILES string of the molecule is CCC(CC(C)C(C)(C)C)c1nccs1.NN. The predicted octanol–water partition coefficient (Wildman–Crippen LogP) is 3.53. The second-order valence-corrected chi connectivity index (χ2v) is 6.40. The zero-order valence-corrected chi connectivity index (χ0v) is 12.6. The molecular formula is C13H27N3S. The maximum Gasteiger partial charge on any atom is 0.0955 e. The van der Waals surface area contributed by atoms with E-state index in [0.29, 0.717) is 11.3 Å². The highest BCUT2D eigenvalue weighted by Crippen LogP contribution is 2.36. The van der Waals surface area contributed by atoms with Crippen LogP contribution in [0.1, 0.15) is 58.4 Å². The monoisotopic (exact) mass is 257 g/mol. The van der Waals surface area contributed by atoms with Crippen molar-refractivity contribution in [2.45, 2.75) is 53.4 Å². The number of hydrogen-bond acceptors (Lipinski definition) is 4. The Labute approximate surface area is 110 Å². The summed E-state index contributed by atoms with van der Waals surface area (Å²) in [5, 5.41) is 3.40. The minimum absolute atomic E-state index is 0.407. The van der Waals surface area contributed by atoms with Crippen LogP contribution in [0.4, 0.5) is 0 Å². The van der Waals surface area contributed by atoms with Gasteiger partial charge in [0.1, 0.15) is 0 Å². The van der Waals surface area contributed by atoms with Crippen molar-refractivity contribution in [1.82, 2.24) is 4.98 Å². The first-order valence-electron chi connectivity index (χ1n) is 6.17. The summed E-state index contributed by atoms with van der Waals surface area (Å²) in [6.45, 7) is 11.6. The molecule has 0 saturated heterocycles. The molecule has 4 heteroatoms. The molecule has 0 radical (unpaired) electrons. The van der Waals surface area contributed by atoms with Gasteiger partial charge in [0, 0.05) is 17.5 Å². The van der Waals surface area contributed by atoms with Crippen LogP contribution in [0.15, 0.2) is 11.6 Å². The van der Waals surface area contributed by atoms with Crippen LogP contribution >= 0.6 is 11.3 Å². The Kier molecular flexibility index (Phi) is 7.59. The third kappa shape index (κ3) is 5.61. The molecule has 0 aliphatic rings. The molecule has 0 aliphatic carbocycles. The molecule has 3 nitrogen and oxygen atoms in total. The highest BCUT2D eigenvalue weighted by atomic mass is 32.1. The standard InChI is InChI=1S/C13H23NS.H4N2/c1-6-11(12-14-7-8-15-12)9-10(2)13(3,4)5;1-2/h7-8,10-11H,6,9H2,1-5H3;1-2H2. The average molecular weight is 257 g/mol. The zero-order chi connectivity index (χ0) is 13.5. The van der Waals surface area contributed by atoms with Crippen LogP contribution in [0, 0.1) is 11.3 Å². The number of rotatable bonds is 4. The molecule has 0 aliphatic heterocycles. The molecule has 1 rings (SSSR count). The first-order valence-corrected chi connectivity index (χ1v) is 7.05. The number of hydrazine groups is 1. The number of nitrogens with two attached hydrogens (primary N) is 2. The van der Waals surface area contributed by atoms with Crippen molar-refractivity contribution in [3.63, 3.8) is 0 Å². The lowest BCUT2D eigenvalue weighted by atomic mass is 9.77. The maximum atomic E-state index is 4.44. The van der Waals surface area contributed by atoms with Crippen molar-refractivity contribution in [1.29, 1.82) is 0 Å². The van der Waals surface area contributed by atoms with Gasteiger partial charge < -0.3 is 0 Å². The highest BCUT2D eigenvalue weighted by molar-refractivity contribution is 7.09. The van der Waals surface area contributed by atoms with Gasteiger partial charge in [-0.05, 0) is 24.2 Å². The van der Waals surface area contributed by atoms with Gasteiger partial charge in [0.2, 0.25) is 0 Å². The summed E-state index contributed by atoms with van der Waals surface area (Å²) in [5.41, 5.74) is 0.407. The van der Waals surface area contributed by atoms with E-state index in [0.717, 1.165) is 5.92 Å². The normalized spacial score (nSPS) is 14.8. The first kappa shape index (κ1) is 16.6. The van der Waals surface area contributed by atoms with Crippen LogP contribution in [-0.4, -0.2) is 4.98 Å². The van der Waals surface area contributed by atoms with Crippen molar-refractivity contribution < 1.29 is 0 Å². The van der Waals surface area contributed by atoms with Crippen LogP contribution in [-0.2, 0) is 0 Å². The van der Waals surface area contributed by atoms with E-state index in [1.54, 1.807) is 11.3 Å². The van der Waals surface area contributed by atoms with Gasteiger partial charge in [-0.15, -0.1) is 11.3 Å². The molecule has 0 aromatic carbocycles. The lowest BCUT2D eigenvalue weighted by Gasteiger charge is -2.29. The summed E-state index contributed by atoms with van der Waals surface area (Å²) in [6.07, 6.45) is 4.38. The van der Waals surface area contributed by atoms with E-state index in [9.17, 15) is 0 Å². The molecule has 1 aromatic rings. The van der Waals surface area contributed by atoms with Crippen LogP contribution in [0.5, 0.6) is 0 Å². The number of thiazole rings is 1. The summed E-state index contributed by atoms with van der Waals surface area (Å²) in [6, 6.07) is 0. The summed E-state index contributed by atoms with van der Waals surface area (Å²) in [7, 11) is 0. The lowest BCUT2D eigenvalue weighted by molar-refractivity contribution is 0.231. The van der Waals surface area contributed by atoms with Gasteiger partial charge in [0.25, 0.3) is 0 Å². The van der Waals surface area contributed by atoms with Gasteiger partial charge >= 0.3 is 0 Å². The molecule has 0 fully saturated rings. The van der Waals surface area contributed by atoms with Crippen LogP contribution in [0.3, 0.4) is 0 Å². The topological polar surface area (TPSA) is 64.9 Å². The Morgan fingerprint density at radius 2 is 1.94 bits per heavy atom. The van der Waals surface area contributed by atoms with E-state index < -0.39 is 0 Å². The second-order valence-electron chi connectivity index (χ2n) is 5.48. The Morgan fingerprint density at radius 1 is 1.35 bits per heavy atom. The third-order valence-corrected chi connectivity index (χ3v) is 4.35. The lowest BCUT2D eigenvalue weighted by Crippen LogP contribution is -2.19. The summed E-state index contributed by atoms with van der Waals surface area (Å²) < 4.78 is 0. The fourth-order valence-corrected chi connectivity index (χ4v) is 2.50. The molecule has 2 atom stereocenters. The molecule has 1 heterocycles. The van der Waals surface area contributed by atoms with Gasteiger partial charge in [-0.25, -0.2) is 4.98 Å². The van der Waals surface area contributed by atoms with Crippen molar-refractivity contribution in [3.8, 4) is 0 Å². The summed E-state index contributed by atoms with van der Waals surface area (Å²) >= 11 is 1.80. The van der Waals surface area contributed by atoms with Gasteiger partial charge in [0.15, 0.2) is 0 Å². The highest BCUT2D eigenvalue weighted by Gasteiger charge is 2.24. The van der Waals surface area contributed by atoms with Gasteiger partial charge in [-0.1, -0.05) is 34.6 Å². The molecule has 100 valence electrons. The van der Waals surface area contributed by atoms with Crippen molar-refractivity contribution in [3.05, 3.63) is 16.6 Å². The van der Waals surface area contributed by atoms with E-state index in [1.165, 1.54) is 17.8 Å². The Hall–Kier alpha value is -0.450. The fourth-order valence-electron chi connectivity index (χ4n) is 1.66. The summed E-state index contributed by atoms with van der Waals surface area (Å²) in [4.78, 5) is 4.44. The third-order valence-electron chi connectivity index (χ3n) is 3.41. The maximum absolute atomic E-state index is 4.44. The second kappa shape index (κ2) is 7.80. The first-order chi connectivity index (χ1) is 7.95. The Morgan fingerprint density at radius 3 is 2.29 bits per heavy atom. The predicted molar refractivity (Wildman–Crippen MR) is 76.8 cm³/mol. The van der Waals surface area contributed by atoms with E-state index in [2.05, 4.69) is 56.7 Å². The smallest absolute Gasteiger partial charge is 0.0955 e. The van der Waals surface area contributed by atoms with Crippen molar-refractivity contribution in [2.24, 2.45) is 23.0 Å². The Bertz CT molecular complexity index is 277. The van der Waals surface area contributed by atoms with Crippen molar-refractivity contribution >= 4 is 11.3 Å². The minimum atomic E-state index is 0.407. The van der Waals surface area contributed by atoms with E-state index in [-0.39, 0.29) is 0 Å². The van der Waals surface area contributed by atoms with E-state index >= 15 is 0 Å². The van der Waals surface area contributed by atoms with E-state index in [4.69, 9.17) is 0 Å². The summed E-state index contributed by atoms with van der Waals surface area (Å²) in [5.74, 6) is 9.39. The number of hydrogen-bond donors (Lipinski definition) is 2. The molecule has 2 unspecified atom stereocenters. The van der Waals surface area contributed by atoms with Gasteiger partial charge in [-0.3, -0.25) is 11.7 Å². The Balaban J connectivity index is 0.00000121. The number of nitrogens with zero attached hydrogens (tertiary/aromatic N) is 1. The van der Waals surface area contributed by atoms with Crippen molar-refractivity contribution in [2.75, 3.05) is 0 Å². The fraction of sp³-hybridized carbons (Fsp3) is 0.769. The largest absolute Gasteiger partial charge is 0.274 e. The molecule has 1 aromatic heterocycles. The van der Waals surface area contributed by atoms with Gasteiger partial charge in [-0.2, -0.15) is 0 Å². The van der Waals surface area contributed by atoms with Crippen LogP contribution in [0.2, 0.25) is 0 Å². The van der Waals surface area contributed by atoms with Crippen LogP contribution in [0.25, 0.3) is 0 Å². The molecule has 0 bridgehead atoms. The van der Waals surface area contributed by atoms with E-state index in [1.807, 2.05) is 6.20 Å².